The van der Waals surface area contributed by atoms with Gasteiger partial charge in [-0.2, -0.15) is 0 Å². The number of aromatic nitrogens is 1. The summed E-state index contributed by atoms with van der Waals surface area (Å²) in [4.78, 5) is 4.01. The summed E-state index contributed by atoms with van der Waals surface area (Å²) >= 11 is 3.33. The fourth-order valence-corrected chi connectivity index (χ4v) is 1.31. The second-order valence-corrected chi connectivity index (χ2v) is 3.62. The summed E-state index contributed by atoms with van der Waals surface area (Å²) in [5, 5.41) is 3.18. The molecular formula is C8H13BrN4. The highest BCUT2D eigenvalue weighted by Crippen LogP contribution is 2.13. The zero-order valence-corrected chi connectivity index (χ0v) is 8.79. The highest BCUT2D eigenvalue weighted by molar-refractivity contribution is 9.10. The van der Waals surface area contributed by atoms with Crippen LogP contribution in [-0.4, -0.2) is 24.1 Å². The summed E-state index contributed by atoms with van der Waals surface area (Å²) < 4.78 is 0.935. The molecule has 0 aromatic carbocycles. The lowest BCUT2D eigenvalue weighted by molar-refractivity contribution is 0.736. The van der Waals surface area contributed by atoms with E-state index in [-0.39, 0.29) is 6.04 Å². The maximum Gasteiger partial charge on any atom is 0.0541 e. The minimum absolute atomic E-state index is 0.107. The molecule has 0 atom stereocenters. The van der Waals surface area contributed by atoms with Gasteiger partial charge in [0.05, 0.1) is 17.9 Å². The van der Waals surface area contributed by atoms with Gasteiger partial charge in [0, 0.05) is 23.8 Å². The van der Waals surface area contributed by atoms with Gasteiger partial charge in [-0.05, 0) is 22.0 Å². The predicted molar refractivity (Wildman–Crippen MR) is 57.5 cm³/mol. The van der Waals surface area contributed by atoms with Gasteiger partial charge in [0.25, 0.3) is 0 Å². The molecule has 0 unspecified atom stereocenters. The average molecular weight is 245 g/mol. The van der Waals surface area contributed by atoms with Crippen molar-refractivity contribution in [3.63, 3.8) is 0 Å². The Hall–Kier alpha value is -0.650. The third-order valence-electron chi connectivity index (χ3n) is 1.64. The Kier molecular flexibility index (Phi) is 4.14. The van der Waals surface area contributed by atoms with Crippen LogP contribution >= 0.6 is 15.9 Å². The van der Waals surface area contributed by atoms with Gasteiger partial charge in [-0.15, -0.1) is 0 Å². The van der Waals surface area contributed by atoms with Gasteiger partial charge < -0.3 is 16.8 Å². The molecular weight excluding hydrogens is 232 g/mol. The van der Waals surface area contributed by atoms with E-state index in [0.717, 1.165) is 10.2 Å². The molecule has 0 spiro atoms. The number of nitrogens with zero attached hydrogens (tertiary/aromatic N) is 1. The lowest BCUT2D eigenvalue weighted by atomic mass is 10.3. The van der Waals surface area contributed by atoms with E-state index in [4.69, 9.17) is 11.5 Å². The molecule has 13 heavy (non-hydrogen) atoms. The summed E-state index contributed by atoms with van der Waals surface area (Å²) in [5.41, 5.74) is 11.9. The highest BCUT2D eigenvalue weighted by Gasteiger charge is 2.03. The van der Waals surface area contributed by atoms with Crippen LogP contribution in [0.1, 0.15) is 0 Å². The molecule has 1 aromatic rings. The normalized spacial score (nSPS) is 10.5. The predicted octanol–water partition coefficient (Wildman–Crippen LogP) is 0.542. The van der Waals surface area contributed by atoms with Crippen molar-refractivity contribution in [2.75, 3.05) is 18.4 Å². The van der Waals surface area contributed by atoms with Crippen molar-refractivity contribution in [3.05, 3.63) is 22.9 Å². The molecule has 0 bridgehead atoms. The first-order valence-corrected chi connectivity index (χ1v) is 4.82. The minimum atomic E-state index is 0.107. The molecule has 5 N–H and O–H groups in total. The van der Waals surface area contributed by atoms with E-state index in [2.05, 4.69) is 26.2 Å². The summed E-state index contributed by atoms with van der Waals surface area (Å²) in [6.45, 7) is 1.03. The number of hydrogen-bond acceptors (Lipinski definition) is 4. The monoisotopic (exact) mass is 244 g/mol. The Bertz CT molecular complexity index is 262. The van der Waals surface area contributed by atoms with Crippen molar-refractivity contribution < 1.29 is 0 Å². The number of halogens is 1. The summed E-state index contributed by atoms with van der Waals surface area (Å²) in [7, 11) is 0. The third kappa shape index (κ3) is 3.30. The fourth-order valence-electron chi connectivity index (χ4n) is 0.941. The van der Waals surface area contributed by atoms with Gasteiger partial charge in [-0.3, -0.25) is 4.98 Å². The molecule has 0 aliphatic heterocycles. The Labute approximate surface area is 85.8 Å². The molecule has 72 valence electrons. The van der Waals surface area contributed by atoms with Crippen molar-refractivity contribution in [3.8, 4) is 0 Å². The molecule has 1 heterocycles. The second-order valence-electron chi connectivity index (χ2n) is 2.70. The Morgan fingerprint density at radius 2 is 2.08 bits per heavy atom. The van der Waals surface area contributed by atoms with Crippen LogP contribution in [0.4, 0.5) is 5.69 Å². The van der Waals surface area contributed by atoms with Gasteiger partial charge >= 0.3 is 0 Å². The maximum atomic E-state index is 5.49. The van der Waals surface area contributed by atoms with E-state index >= 15 is 0 Å². The van der Waals surface area contributed by atoms with Crippen molar-refractivity contribution in [1.29, 1.82) is 0 Å². The molecule has 0 fully saturated rings. The van der Waals surface area contributed by atoms with Crippen LogP contribution in [0, 0.1) is 0 Å². The standard InChI is InChI=1S/C8H13BrN4/c9-6-1-7(5-12-4-6)13-8(2-10)3-11/h1,4-5,8,13H,2-3,10-11H2. The van der Waals surface area contributed by atoms with E-state index < -0.39 is 0 Å². The van der Waals surface area contributed by atoms with Crippen LogP contribution in [0.25, 0.3) is 0 Å². The smallest absolute Gasteiger partial charge is 0.0541 e. The molecule has 0 saturated heterocycles. The first kappa shape index (κ1) is 10.4. The summed E-state index contributed by atoms with van der Waals surface area (Å²) in [5.74, 6) is 0. The topological polar surface area (TPSA) is 77.0 Å². The quantitative estimate of drug-likeness (QED) is 0.723. The average Bonchev–Trinajstić information content (AvgIpc) is 2.14. The number of nitrogens with two attached hydrogens (primary N) is 2. The highest BCUT2D eigenvalue weighted by atomic mass is 79.9. The molecule has 0 amide bonds. The maximum absolute atomic E-state index is 5.49. The van der Waals surface area contributed by atoms with Gasteiger partial charge in [-0.1, -0.05) is 0 Å². The zero-order chi connectivity index (χ0) is 9.68. The van der Waals surface area contributed by atoms with Crippen molar-refractivity contribution in [2.24, 2.45) is 11.5 Å². The first-order chi connectivity index (χ1) is 6.26. The molecule has 1 aromatic heterocycles. The number of hydrogen-bond donors (Lipinski definition) is 3. The van der Waals surface area contributed by atoms with Crippen LogP contribution in [0.2, 0.25) is 0 Å². The Morgan fingerprint density at radius 1 is 1.38 bits per heavy atom. The van der Waals surface area contributed by atoms with Crippen molar-refractivity contribution in [2.45, 2.75) is 6.04 Å². The Balaban J connectivity index is 2.62. The molecule has 4 nitrogen and oxygen atoms in total. The van der Waals surface area contributed by atoms with Crippen LogP contribution in [-0.2, 0) is 0 Å². The largest absolute Gasteiger partial charge is 0.378 e. The van der Waals surface area contributed by atoms with E-state index in [1.54, 1.807) is 12.4 Å². The SMILES string of the molecule is NCC(CN)Nc1cncc(Br)c1. The second kappa shape index (κ2) is 5.16. The third-order valence-corrected chi connectivity index (χ3v) is 2.08. The van der Waals surface area contributed by atoms with E-state index in [1.807, 2.05) is 6.07 Å². The number of anilines is 1. The number of rotatable bonds is 4. The van der Waals surface area contributed by atoms with Crippen molar-refractivity contribution >= 4 is 21.6 Å². The molecule has 5 heteroatoms. The lowest BCUT2D eigenvalue weighted by Gasteiger charge is -2.15. The zero-order valence-electron chi connectivity index (χ0n) is 7.20. The van der Waals surface area contributed by atoms with Gasteiger partial charge in [0.15, 0.2) is 0 Å². The Morgan fingerprint density at radius 3 is 2.62 bits per heavy atom. The molecule has 0 aliphatic carbocycles. The van der Waals surface area contributed by atoms with E-state index in [0.29, 0.717) is 13.1 Å². The minimum Gasteiger partial charge on any atom is -0.378 e. The molecule has 0 saturated carbocycles. The number of pyridine rings is 1. The lowest BCUT2D eigenvalue weighted by Crippen LogP contribution is -2.35. The van der Waals surface area contributed by atoms with Crippen LogP contribution in [0.5, 0.6) is 0 Å². The van der Waals surface area contributed by atoms with E-state index in [9.17, 15) is 0 Å². The fraction of sp³-hybridized carbons (Fsp3) is 0.375. The molecule has 1 rings (SSSR count). The van der Waals surface area contributed by atoms with Gasteiger partial charge in [-0.25, -0.2) is 0 Å². The summed E-state index contributed by atoms with van der Waals surface area (Å²) in [6.07, 6.45) is 3.47. The first-order valence-electron chi connectivity index (χ1n) is 4.03. The van der Waals surface area contributed by atoms with Crippen LogP contribution in [0.3, 0.4) is 0 Å². The van der Waals surface area contributed by atoms with Crippen LogP contribution in [0.15, 0.2) is 22.9 Å². The van der Waals surface area contributed by atoms with Crippen LogP contribution < -0.4 is 16.8 Å². The van der Waals surface area contributed by atoms with Gasteiger partial charge in [0.2, 0.25) is 0 Å². The molecule has 0 radical (unpaired) electrons. The van der Waals surface area contributed by atoms with Gasteiger partial charge in [0.1, 0.15) is 0 Å². The summed E-state index contributed by atoms with van der Waals surface area (Å²) in [6, 6.07) is 2.04. The molecule has 0 aliphatic rings. The number of nitrogens with one attached hydrogen (secondary N) is 1. The van der Waals surface area contributed by atoms with E-state index in [1.165, 1.54) is 0 Å². The van der Waals surface area contributed by atoms with Crippen molar-refractivity contribution in [1.82, 2.24) is 4.98 Å².